The van der Waals surface area contributed by atoms with Crippen LogP contribution in [0.2, 0.25) is 5.02 Å². The minimum atomic E-state index is 0.487. The van der Waals surface area contributed by atoms with E-state index in [1.807, 2.05) is 18.2 Å². The number of halogens is 1. The fourth-order valence-electron chi connectivity index (χ4n) is 1.41. The second-order valence-electron chi connectivity index (χ2n) is 3.76. The van der Waals surface area contributed by atoms with Crippen LogP contribution in [0.4, 0.5) is 0 Å². The summed E-state index contributed by atoms with van der Waals surface area (Å²) >= 11 is 7.62. The molecular formula is C11H13ClN2S. The molecule has 15 heavy (non-hydrogen) atoms. The summed E-state index contributed by atoms with van der Waals surface area (Å²) in [5, 5.41) is 1.91. The summed E-state index contributed by atoms with van der Waals surface area (Å²) in [6.45, 7) is 2.84. The third kappa shape index (κ3) is 2.48. The van der Waals surface area contributed by atoms with Gasteiger partial charge in [0, 0.05) is 11.4 Å². The average molecular weight is 241 g/mol. The summed E-state index contributed by atoms with van der Waals surface area (Å²) < 4.78 is 1.15. The van der Waals surface area contributed by atoms with Gasteiger partial charge in [0.15, 0.2) is 0 Å². The fraction of sp³-hybridized carbons (Fsp3) is 0.364. The van der Waals surface area contributed by atoms with Crippen LogP contribution in [-0.4, -0.2) is 11.5 Å². The van der Waals surface area contributed by atoms with Gasteiger partial charge in [-0.05, 0) is 30.7 Å². The first-order valence-corrected chi connectivity index (χ1v) is 6.13. The number of fused-ring (bicyclic) bond motifs is 1. The lowest BCUT2D eigenvalue weighted by molar-refractivity contribution is 0.592. The molecule has 0 radical (unpaired) electrons. The zero-order chi connectivity index (χ0) is 10.8. The molecule has 0 amide bonds. The van der Waals surface area contributed by atoms with E-state index in [0.29, 0.717) is 12.5 Å². The van der Waals surface area contributed by atoms with Crippen LogP contribution in [-0.2, 0) is 6.42 Å². The van der Waals surface area contributed by atoms with Crippen molar-refractivity contribution in [2.45, 2.75) is 13.3 Å². The topological polar surface area (TPSA) is 38.9 Å². The highest BCUT2D eigenvalue weighted by Crippen LogP contribution is 2.26. The Morgan fingerprint density at radius 3 is 3.07 bits per heavy atom. The van der Waals surface area contributed by atoms with Crippen molar-refractivity contribution in [3.05, 3.63) is 28.2 Å². The van der Waals surface area contributed by atoms with E-state index < -0.39 is 0 Å². The molecule has 1 aromatic carbocycles. The molecule has 1 aromatic heterocycles. The predicted molar refractivity (Wildman–Crippen MR) is 66.6 cm³/mol. The van der Waals surface area contributed by atoms with Crippen molar-refractivity contribution in [3.8, 4) is 0 Å². The van der Waals surface area contributed by atoms with Crippen molar-refractivity contribution < 1.29 is 0 Å². The van der Waals surface area contributed by atoms with Gasteiger partial charge in [-0.1, -0.05) is 18.5 Å². The Kier molecular flexibility index (Phi) is 3.24. The molecule has 1 atom stereocenters. The van der Waals surface area contributed by atoms with Crippen molar-refractivity contribution in [1.82, 2.24) is 4.98 Å². The van der Waals surface area contributed by atoms with Crippen molar-refractivity contribution in [1.29, 1.82) is 0 Å². The molecule has 2 nitrogen and oxygen atoms in total. The van der Waals surface area contributed by atoms with Crippen molar-refractivity contribution in [2.24, 2.45) is 11.7 Å². The van der Waals surface area contributed by atoms with Gasteiger partial charge in [-0.15, -0.1) is 11.3 Å². The molecule has 0 saturated carbocycles. The van der Waals surface area contributed by atoms with Crippen LogP contribution in [0.3, 0.4) is 0 Å². The Labute approximate surface area is 98.1 Å². The van der Waals surface area contributed by atoms with Crippen molar-refractivity contribution in [3.63, 3.8) is 0 Å². The van der Waals surface area contributed by atoms with E-state index in [-0.39, 0.29) is 0 Å². The molecule has 0 bridgehead atoms. The lowest BCUT2D eigenvalue weighted by atomic mass is 10.1. The highest BCUT2D eigenvalue weighted by Gasteiger charge is 2.07. The standard InChI is InChI=1S/C11H13ClN2S/c1-7(6-13)4-11-14-9-3-2-8(12)5-10(9)15-11/h2-3,5,7H,4,6,13H2,1H3. The van der Waals surface area contributed by atoms with Crippen molar-refractivity contribution >= 4 is 33.2 Å². The van der Waals surface area contributed by atoms with Gasteiger partial charge in [0.05, 0.1) is 15.2 Å². The quantitative estimate of drug-likeness (QED) is 0.896. The van der Waals surface area contributed by atoms with Crippen LogP contribution in [0, 0.1) is 5.92 Å². The Morgan fingerprint density at radius 1 is 1.53 bits per heavy atom. The molecular weight excluding hydrogens is 228 g/mol. The van der Waals surface area contributed by atoms with Gasteiger partial charge in [0.2, 0.25) is 0 Å². The molecule has 0 fully saturated rings. The van der Waals surface area contributed by atoms with Crippen LogP contribution in [0.15, 0.2) is 18.2 Å². The Morgan fingerprint density at radius 2 is 2.33 bits per heavy atom. The van der Waals surface area contributed by atoms with E-state index in [2.05, 4.69) is 11.9 Å². The summed E-state index contributed by atoms with van der Waals surface area (Å²) in [6, 6.07) is 5.80. The van der Waals surface area contributed by atoms with Gasteiger partial charge >= 0.3 is 0 Å². The van der Waals surface area contributed by atoms with Crippen LogP contribution >= 0.6 is 22.9 Å². The smallest absolute Gasteiger partial charge is 0.0941 e. The van der Waals surface area contributed by atoms with Gasteiger partial charge < -0.3 is 5.73 Å². The molecule has 2 rings (SSSR count). The number of aromatic nitrogens is 1. The average Bonchev–Trinajstić information content (AvgIpc) is 2.59. The van der Waals surface area contributed by atoms with Gasteiger partial charge in [0.25, 0.3) is 0 Å². The molecule has 4 heteroatoms. The molecule has 0 aliphatic carbocycles. The molecule has 2 aromatic rings. The maximum Gasteiger partial charge on any atom is 0.0941 e. The molecule has 80 valence electrons. The molecule has 0 spiro atoms. The van der Waals surface area contributed by atoms with Gasteiger partial charge in [-0.25, -0.2) is 4.98 Å². The normalized spacial score (nSPS) is 13.3. The third-order valence-corrected chi connectivity index (χ3v) is 3.60. The first-order valence-electron chi connectivity index (χ1n) is 4.94. The van der Waals surface area contributed by atoms with E-state index in [9.17, 15) is 0 Å². The van der Waals surface area contributed by atoms with E-state index in [4.69, 9.17) is 17.3 Å². The maximum atomic E-state index is 5.92. The largest absolute Gasteiger partial charge is 0.330 e. The minimum Gasteiger partial charge on any atom is -0.330 e. The Hall–Kier alpha value is -0.640. The summed E-state index contributed by atoms with van der Waals surface area (Å²) in [5.41, 5.74) is 6.63. The summed E-state index contributed by atoms with van der Waals surface area (Å²) in [5.74, 6) is 0.487. The lowest BCUT2D eigenvalue weighted by Crippen LogP contribution is -2.12. The molecule has 0 aliphatic rings. The van der Waals surface area contributed by atoms with Gasteiger partial charge in [-0.2, -0.15) is 0 Å². The Bertz CT molecular complexity index is 467. The molecule has 1 heterocycles. The van der Waals surface area contributed by atoms with Crippen LogP contribution in [0.25, 0.3) is 10.2 Å². The first kappa shape index (κ1) is 10.9. The highest BCUT2D eigenvalue weighted by molar-refractivity contribution is 7.18. The number of thiazole rings is 1. The zero-order valence-electron chi connectivity index (χ0n) is 8.53. The first-order chi connectivity index (χ1) is 7.19. The molecule has 1 unspecified atom stereocenters. The second kappa shape index (κ2) is 4.47. The van der Waals surface area contributed by atoms with E-state index in [1.165, 1.54) is 0 Å². The Balaban J connectivity index is 2.30. The molecule has 0 saturated heterocycles. The third-order valence-electron chi connectivity index (χ3n) is 2.32. The number of nitrogens with two attached hydrogens (primary N) is 1. The predicted octanol–water partition coefficient (Wildman–Crippen LogP) is 3.09. The van der Waals surface area contributed by atoms with E-state index >= 15 is 0 Å². The van der Waals surface area contributed by atoms with Crippen LogP contribution < -0.4 is 5.73 Å². The van der Waals surface area contributed by atoms with Gasteiger partial charge in [-0.3, -0.25) is 0 Å². The number of benzene rings is 1. The van der Waals surface area contributed by atoms with Crippen molar-refractivity contribution in [2.75, 3.05) is 6.54 Å². The number of hydrogen-bond donors (Lipinski definition) is 1. The number of rotatable bonds is 3. The van der Waals surface area contributed by atoms with Crippen LogP contribution in [0.1, 0.15) is 11.9 Å². The molecule has 2 N–H and O–H groups in total. The summed E-state index contributed by atoms with van der Waals surface area (Å²) in [7, 11) is 0. The summed E-state index contributed by atoms with van der Waals surface area (Å²) in [6.07, 6.45) is 0.952. The van der Waals surface area contributed by atoms with Gasteiger partial charge in [0.1, 0.15) is 0 Å². The number of hydrogen-bond acceptors (Lipinski definition) is 3. The zero-order valence-corrected chi connectivity index (χ0v) is 10.1. The second-order valence-corrected chi connectivity index (χ2v) is 5.32. The lowest BCUT2D eigenvalue weighted by Gasteiger charge is -2.03. The maximum absolute atomic E-state index is 5.92. The summed E-state index contributed by atoms with van der Waals surface area (Å²) in [4.78, 5) is 4.55. The fourth-order valence-corrected chi connectivity index (χ4v) is 2.82. The highest BCUT2D eigenvalue weighted by atomic mass is 35.5. The SMILES string of the molecule is CC(CN)Cc1nc2ccc(Cl)cc2s1. The van der Waals surface area contributed by atoms with E-state index in [0.717, 1.165) is 26.7 Å². The number of nitrogens with zero attached hydrogens (tertiary/aromatic N) is 1. The monoisotopic (exact) mass is 240 g/mol. The minimum absolute atomic E-state index is 0.487. The van der Waals surface area contributed by atoms with E-state index in [1.54, 1.807) is 11.3 Å². The molecule has 0 aliphatic heterocycles. The van der Waals surface area contributed by atoms with Crippen LogP contribution in [0.5, 0.6) is 0 Å².